The second-order valence-electron chi connectivity index (χ2n) is 8.33. The minimum Gasteiger partial charge on any atom is -0.429 e. The summed E-state index contributed by atoms with van der Waals surface area (Å²) < 4.78 is 62.9. The van der Waals surface area contributed by atoms with Gasteiger partial charge < -0.3 is 4.74 Å². The van der Waals surface area contributed by atoms with E-state index in [4.69, 9.17) is 5.26 Å². The number of benzene rings is 2. The Morgan fingerprint density at radius 3 is 2.16 bits per heavy atom. The molecular weight excluding hydrogens is 406 g/mol. The summed E-state index contributed by atoms with van der Waals surface area (Å²) in [4.78, 5) is 0. The molecule has 0 spiro atoms. The maximum Gasteiger partial charge on any atom is 0.432 e. The Morgan fingerprint density at radius 1 is 1.00 bits per heavy atom. The third kappa shape index (κ3) is 5.78. The second kappa shape index (κ2) is 10.2. The molecule has 31 heavy (non-hydrogen) atoms. The van der Waals surface area contributed by atoms with Crippen LogP contribution in [-0.2, 0) is 6.11 Å². The molecule has 2 nitrogen and oxygen atoms in total. The topological polar surface area (TPSA) is 33.0 Å². The molecule has 0 bridgehead atoms. The van der Waals surface area contributed by atoms with Crippen molar-refractivity contribution in [2.24, 2.45) is 5.92 Å². The smallest absolute Gasteiger partial charge is 0.429 e. The van der Waals surface area contributed by atoms with Crippen LogP contribution in [0.5, 0.6) is 5.75 Å². The largest absolute Gasteiger partial charge is 0.432 e. The van der Waals surface area contributed by atoms with Gasteiger partial charge in [-0.3, -0.25) is 0 Å². The van der Waals surface area contributed by atoms with Crippen LogP contribution < -0.4 is 4.74 Å². The van der Waals surface area contributed by atoms with E-state index in [2.05, 4.69) is 11.7 Å². The second-order valence-corrected chi connectivity index (χ2v) is 8.33. The monoisotopic (exact) mass is 433 g/mol. The third-order valence-corrected chi connectivity index (χ3v) is 6.12. The molecule has 0 N–H and O–H groups in total. The first-order valence-electron chi connectivity index (χ1n) is 10.9. The van der Waals surface area contributed by atoms with Gasteiger partial charge in [0.05, 0.1) is 11.6 Å². The standard InChI is InChI=1S/C25H27F4NO/c1-2-3-4-5-17-6-10-19(11-7-17)20-14-22(26)24(23(27)15-20)25(28,29)31-21-12-8-18(16-30)9-13-21/h8-9,12-15,17,19H,2-7,10-11H2,1H3. The predicted octanol–water partition coefficient (Wildman–Crippen LogP) is 7.82. The Morgan fingerprint density at radius 2 is 1.61 bits per heavy atom. The van der Waals surface area contributed by atoms with E-state index in [1.54, 1.807) is 0 Å². The molecule has 2 aromatic carbocycles. The molecule has 0 saturated heterocycles. The maximum atomic E-state index is 14.6. The highest BCUT2D eigenvalue weighted by atomic mass is 19.3. The molecule has 0 unspecified atom stereocenters. The summed E-state index contributed by atoms with van der Waals surface area (Å²) in [5.74, 6) is -2.28. The molecule has 0 aromatic heterocycles. The van der Waals surface area contributed by atoms with Crippen molar-refractivity contribution in [1.82, 2.24) is 0 Å². The average Bonchev–Trinajstić information content (AvgIpc) is 2.74. The zero-order valence-electron chi connectivity index (χ0n) is 17.6. The van der Waals surface area contributed by atoms with Crippen molar-refractivity contribution in [2.75, 3.05) is 0 Å². The molecule has 0 radical (unpaired) electrons. The maximum absolute atomic E-state index is 14.6. The summed E-state index contributed by atoms with van der Waals surface area (Å²) in [6, 6.07) is 8.81. The normalized spacial score (nSPS) is 19.1. The van der Waals surface area contributed by atoms with Crippen molar-refractivity contribution in [2.45, 2.75) is 70.3 Å². The Labute approximate surface area is 180 Å². The van der Waals surface area contributed by atoms with Crippen molar-refractivity contribution in [1.29, 1.82) is 5.26 Å². The number of nitrogens with zero attached hydrogens (tertiary/aromatic N) is 1. The molecule has 0 amide bonds. The quantitative estimate of drug-likeness (QED) is 0.314. The van der Waals surface area contributed by atoms with Crippen molar-refractivity contribution >= 4 is 0 Å². The number of hydrogen-bond donors (Lipinski definition) is 0. The van der Waals surface area contributed by atoms with Crippen molar-refractivity contribution in [3.05, 3.63) is 64.7 Å². The fourth-order valence-corrected chi connectivity index (χ4v) is 4.37. The summed E-state index contributed by atoms with van der Waals surface area (Å²) in [5.41, 5.74) is -0.703. The number of ether oxygens (including phenoxy) is 1. The molecule has 3 rings (SSSR count). The van der Waals surface area contributed by atoms with E-state index >= 15 is 0 Å². The summed E-state index contributed by atoms with van der Waals surface area (Å²) in [7, 11) is 0. The van der Waals surface area contributed by atoms with Gasteiger partial charge in [0.25, 0.3) is 0 Å². The van der Waals surface area contributed by atoms with Crippen LogP contribution in [0.4, 0.5) is 17.6 Å². The molecule has 0 heterocycles. The van der Waals surface area contributed by atoms with E-state index in [1.165, 1.54) is 37.8 Å². The number of rotatable bonds is 8. The van der Waals surface area contributed by atoms with Gasteiger partial charge in [-0.15, -0.1) is 0 Å². The fraction of sp³-hybridized carbons (Fsp3) is 0.480. The van der Waals surface area contributed by atoms with E-state index in [1.807, 2.05) is 6.07 Å². The lowest BCUT2D eigenvalue weighted by atomic mass is 9.77. The van der Waals surface area contributed by atoms with E-state index in [0.29, 0.717) is 11.5 Å². The van der Waals surface area contributed by atoms with Gasteiger partial charge in [-0.25, -0.2) is 8.78 Å². The first-order chi connectivity index (χ1) is 14.8. The zero-order valence-corrected chi connectivity index (χ0v) is 17.6. The van der Waals surface area contributed by atoms with Crippen LogP contribution in [0.3, 0.4) is 0 Å². The summed E-state index contributed by atoms with van der Waals surface area (Å²) in [5, 5.41) is 8.77. The first-order valence-corrected chi connectivity index (χ1v) is 10.9. The predicted molar refractivity (Wildman–Crippen MR) is 111 cm³/mol. The van der Waals surface area contributed by atoms with Crippen LogP contribution in [0.2, 0.25) is 0 Å². The Balaban J connectivity index is 1.70. The molecular formula is C25H27F4NO. The van der Waals surface area contributed by atoms with Gasteiger partial charge in [0.1, 0.15) is 22.9 Å². The van der Waals surface area contributed by atoms with E-state index in [9.17, 15) is 17.6 Å². The molecule has 2 aromatic rings. The van der Waals surface area contributed by atoms with Gasteiger partial charge in [-0.2, -0.15) is 14.0 Å². The van der Waals surface area contributed by atoms with Gasteiger partial charge in [-0.1, -0.05) is 32.6 Å². The van der Waals surface area contributed by atoms with E-state index < -0.39 is 23.3 Å². The van der Waals surface area contributed by atoms with Crippen LogP contribution in [0.1, 0.15) is 80.9 Å². The van der Waals surface area contributed by atoms with Crippen LogP contribution in [0, 0.1) is 28.9 Å². The molecule has 166 valence electrons. The van der Waals surface area contributed by atoms with E-state index in [0.717, 1.165) is 49.9 Å². The molecule has 1 fully saturated rings. The number of halogens is 4. The summed E-state index contributed by atoms with van der Waals surface area (Å²) >= 11 is 0. The van der Waals surface area contributed by atoms with Gasteiger partial charge in [0.15, 0.2) is 0 Å². The van der Waals surface area contributed by atoms with Crippen molar-refractivity contribution in [3.8, 4) is 11.8 Å². The Bertz CT molecular complexity index is 889. The van der Waals surface area contributed by atoms with Gasteiger partial charge >= 0.3 is 6.11 Å². The molecule has 1 aliphatic carbocycles. The molecule has 6 heteroatoms. The van der Waals surface area contributed by atoms with Crippen LogP contribution >= 0.6 is 0 Å². The number of hydrogen-bond acceptors (Lipinski definition) is 2. The zero-order chi connectivity index (χ0) is 22.4. The Kier molecular flexibility index (Phi) is 7.59. The van der Waals surface area contributed by atoms with Crippen molar-refractivity contribution in [3.63, 3.8) is 0 Å². The van der Waals surface area contributed by atoms with Gasteiger partial charge in [0.2, 0.25) is 0 Å². The van der Waals surface area contributed by atoms with Gasteiger partial charge in [0, 0.05) is 0 Å². The van der Waals surface area contributed by atoms with Crippen molar-refractivity contribution < 1.29 is 22.3 Å². The molecule has 1 aliphatic rings. The minimum absolute atomic E-state index is 0.0199. The average molecular weight is 433 g/mol. The number of alkyl halides is 2. The summed E-state index contributed by atoms with van der Waals surface area (Å²) in [6.45, 7) is 2.17. The van der Waals surface area contributed by atoms with Crippen LogP contribution in [0.25, 0.3) is 0 Å². The van der Waals surface area contributed by atoms with Crippen LogP contribution in [0.15, 0.2) is 36.4 Å². The van der Waals surface area contributed by atoms with E-state index in [-0.39, 0.29) is 17.2 Å². The highest BCUT2D eigenvalue weighted by Gasteiger charge is 2.41. The molecule has 0 aliphatic heterocycles. The number of unbranched alkanes of at least 4 members (excludes halogenated alkanes) is 2. The van der Waals surface area contributed by atoms with Crippen LogP contribution in [-0.4, -0.2) is 0 Å². The summed E-state index contributed by atoms with van der Waals surface area (Å²) in [6.07, 6.45) is 4.22. The first kappa shape index (κ1) is 23.1. The fourth-order valence-electron chi connectivity index (χ4n) is 4.37. The lowest BCUT2D eigenvalue weighted by molar-refractivity contribution is -0.189. The number of nitriles is 1. The van der Waals surface area contributed by atoms with Gasteiger partial charge in [-0.05, 0) is 79.5 Å². The molecule has 1 saturated carbocycles. The SMILES string of the molecule is CCCCCC1CCC(c2cc(F)c(C(F)(F)Oc3ccc(C#N)cc3)c(F)c2)CC1. The Hall–Kier alpha value is -2.55. The highest BCUT2D eigenvalue weighted by molar-refractivity contribution is 5.36. The third-order valence-electron chi connectivity index (χ3n) is 6.12. The molecule has 0 atom stereocenters. The lowest BCUT2D eigenvalue weighted by Crippen LogP contribution is -2.25. The minimum atomic E-state index is -4.18. The lowest BCUT2D eigenvalue weighted by Gasteiger charge is -2.29. The highest BCUT2D eigenvalue weighted by Crippen LogP contribution is 2.41.